The number of benzene rings is 1. The van der Waals surface area contributed by atoms with E-state index in [0.717, 1.165) is 11.3 Å². The maximum atomic E-state index is 10.9. The highest BCUT2D eigenvalue weighted by Gasteiger charge is 2.09. The zero-order valence-electron chi connectivity index (χ0n) is 11.3. The fraction of sp³-hybridized carbons (Fsp3) is 0.133. The van der Waals surface area contributed by atoms with E-state index in [1.807, 2.05) is 19.1 Å². The average molecular weight is 283 g/mol. The maximum Gasteiger partial charge on any atom is 0.335 e. The number of carboxylic acid groups (broad SMARTS) is 1. The minimum atomic E-state index is -0.992. The van der Waals surface area contributed by atoms with E-state index in [1.54, 1.807) is 12.3 Å². The number of hydrogen-bond acceptors (Lipinski definition) is 5. The number of anilines is 1. The summed E-state index contributed by atoms with van der Waals surface area (Å²) in [5.74, 6) is -0.992. The molecule has 0 fully saturated rings. The largest absolute Gasteiger partial charge is 0.478 e. The molecular formula is C15H13N3O3. The Hall–Kier alpha value is -2.89. The van der Waals surface area contributed by atoms with E-state index >= 15 is 0 Å². The Morgan fingerprint density at radius 2 is 2.19 bits per heavy atom. The number of carbonyl (C=O) groups is 1. The van der Waals surface area contributed by atoms with E-state index in [1.165, 1.54) is 12.1 Å². The molecule has 0 saturated carbocycles. The van der Waals surface area contributed by atoms with Crippen LogP contribution in [0, 0.1) is 6.92 Å². The SMILES string of the molecule is Cc1ccc(CNc2nc3ccc(C(=O)O)cc3o2)cn1. The number of aryl methyl sites for hydroxylation is 1. The minimum Gasteiger partial charge on any atom is -0.478 e. The van der Waals surface area contributed by atoms with E-state index in [4.69, 9.17) is 9.52 Å². The lowest BCUT2D eigenvalue weighted by atomic mass is 10.2. The van der Waals surface area contributed by atoms with Gasteiger partial charge in [-0.05, 0) is 36.8 Å². The Labute approximate surface area is 120 Å². The summed E-state index contributed by atoms with van der Waals surface area (Å²) in [5.41, 5.74) is 3.20. The topological polar surface area (TPSA) is 88.2 Å². The second-order valence-corrected chi connectivity index (χ2v) is 4.67. The highest BCUT2D eigenvalue weighted by Crippen LogP contribution is 2.20. The van der Waals surface area contributed by atoms with Crippen LogP contribution in [0.2, 0.25) is 0 Å². The molecule has 2 aromatic heterocycles. The molecule has 0 aliphatic rings. The summed E-state index contributed by atoms with van der Waals surface area (Å²) in [6.07, 6.45) is 1.79. The number of aromatic carboxylic acids is 1. The molecule has 0 radical (unpaired) electrons. The highest BCUT2D eigenvalue weighted by atomic mass is 16.4. The summed E-state index contributed by atoms with van der Waals surface area (Å²) in [4.78, 5) is 19.4. The van der Waals surface area contributed by atoms with Crippen molar-refractivity contribution in [1.82, 2.24) is 9.97 Å². The fourth-order valence-electron chi connectivity index (χ4n) is 1.91. The van der Waals surface area contributed by atoms with Gasteiger partial charge in [-0.25, -0.2) is 4.79 Å². The summed E-state index contributed by atoms with van der Waals surface area (Å²) in [6, 6.07) is 8.85. The van der Waals surface area contributed by atoms with Crippen molar-refractivity contribution in [3.05, 3.63) is 53.3 Å². The number of carboxylic acids is 1. The van der Waals surface area contributed by atoms with Gasteiger partial charge in [0.05, 0.1) is 5.56 Å². The smallest absolute Gasteiger partial charge is 0.335 e. The van der Waals surface area contributed by atoms with Gasteiger partial charge in [0.1, 0.15) is 5.52 Å². The standard InChI is InChI=1S/C15H13N3O3/c1-9-2-3-10(7-16-9)8-17-15-18-12-5-4-11(14(19)20)6-13(12)21-15/h2-7H,8H2,1H3,(H,17,18)(H,19,20). The van der Waals surface area contributed by atoms with E-state index in [0.29, 0.717) is 23.7 Å². The average Bonchev–Trinajstić information content (AvgIpc) is 2.88. The Morgan fingerprint density at radius 1 is 1.33 bits per heavy atom. The normalized spacial score (nSPS) is 10.7. The van der Waals surface area contributed by atoms with Crippen molar-refractivity contribution in [1.29, 1.82) is 0 Å². The molecule has 0 aliphatic carbocycles. The van der Waals surface area contributed by atoms with Gasteiger partial charge in [-0.3, -0.25) is 4.98 Å². The molecule has 3 aromatic rings. The van der Waals surface area contributed by atoms with Gasteiger partial charge in [-0.2, -0.15) is 4.98 Å². The Kier molecular flexibility index (Phi) is 3.27. The van der Waals surface area contributed by atoms with Crippen molar-refractivity contribution in [2.45, 2.75) is 13.5 Å². The molecule has 1 aromatic carbocycles. The van der Waals surface area contributed by atoms with E-state index in [9.17, 15) is 4.79 Å². The lowest BCUT2D eigenvalue weighted by molar-refractivity contribution is 0.0697. The first-order chi connectivity index (χ1) is 10.1. The van der Waals surface area contributed by atoms with Crippen LogP contribution in [0.5, 0.6) is 0 Å². The van der Waals surface area contributed by atoms with Gasteiger partial charge in [-0.15, -0.1) is 0 Å². The zero-order chi connectivity index (χ0) is 14.8. The van der Waals surface area contributed by atoms with Crippen molar-refractivity contribution in [2.24, 2.45) is 0 Å². The van der Waals surface area contributed by atoms with Crippen LogP contribution in [-0.2, 0) is 6.54 Å². The van der Waals surface area contributed by atoms with Gasteiger partial charge in [0.2, 0.25) is 0 Å². The molecule has 0 unspecified atom stereocenters. The molecule has 3 rings (SSSR count). The molecule has 0 bridgehead atoms. The van der Waals surface area contributed by atoms with E-state index in [2.05, 4.69) is 15.3 Å². The van der Waals surface area contributed by atoms with Crippen molar-refractivity contribution in [3.8, 4) is 0 Å². The van der Waals surface area contributed by atoms with Gasteiger partial charge >= 0.3 is 5.97 Å². The Bertz CT molecular complexity index is 794. The molecular weight excluding hydrogens is 270 g/mol. The highest BCUT2D eigenvalue weighted by molar-refractivity contribution is 5.92. The third kappa shape index (κ3) is 2.84. The summed E-state index contributed by atoms with van der Waals surface area (Å²) in [5, 5.41) is 12.0. The molecule has 6 heteroatoms. The Balaban J connectivity index is 1.78. The number of fused-ring (bicyclic) bond motifs is 1. The van der Waals surface area contributed by atoms with Crippen LogP contribution in [-0.4, -0.2) is 21.0 Å². The number of nitrogens with zero attached hydrogens (tertiary/aromatic N) is 2. The number of nitrogens with one attached hydrogen (secondary N) is 1. The molecule has 0 amide bonds. The maximum absolute atomic E-state index is 10.9. The predicted molar refractivity (Wildman–Crippen MR) is 77.3 cm³/mol. The summed E-state index contributed by atoms with van der Waals surface area (Å²) in [7, 11) is 0. The van der Waals surface area contributed by atoms with Crippen LogP contribution in [0.25, 0.3) is 11.1 Å². The van der Waals surface area contributed by atoms with Crippen LogP contribution < -0.4 is 5.32 Å². The number of pyridine rings is 1. The molecule has 106 valence electrons. The third-order valence-corrected chi connectivity index (χ3v) is 3.05. The van der Waals surface area contributed by atoms with Gasteiger partial charge in [0, 0.05) is 18.4 Å². The zero-order valence-corrected chi connectivity index (χ0v) is 11.3. The first-order valence-electron chi connectivity index (χ1n) is 6.41. The fourth-order valence-corrected chi connectivity index (χ4v) is 1.91. The first kappa shape index (κ1) is 13.1. The minimum absolute atomic E-state index is 0.174. The predicted octanol–water partition coefficient (Wildman–Crippen LogP) is 2.84. The molecule has 0 spiro atoms. The number of rotatable bonds is 4. The van der Waals surface area contributed by atoms with Crippen LogP contribution in [0.3, 0.4) is 0 Å². The monoisotopic (exact) mass is 283 g/mol. The molecule has 0 aliphatic heterocycles. The van der Waals surface area contributed by atoms with Crippen LogP contribution >= 0.6 is 0 Å². The van der Waals surface area contributed by atoms with E-state index < -0.39 is 5.97 Å². The summed E-state index contributed by atoms with van der Waals surface area (Å²) in [6.45, 7) is 2.46. The van der Waals surface area contributed by atoms with E-state index in [-0.39, 0.29) is 5.56 Å². The van der Waals surface area contributed by atoms with Crippen LogP contribution in [0.4, 0.5) is 6.01 Å². The van der Waals surface area contributed by atoms with Gasteiger partial charge in [-0.1, -0.05) is 6.07 Å². The van der Waals surface area contributed by atoms with Crippen LogP contribution in [0.15, 0.2) is 40.9 Å². The second kappa shape index (κ2) is 5.24. The van der Waals surface area contributed by atoms with Crippen molar-refractivity contribution < 1.29 is 14.3 Å². The third-order valence-electron chi connectivity index (χ3n) is 3.05. The first-order valence-corrected chi connectivity index (χ1v) is 6.41. The molecule has 0 atom stereocenters. The second-order valence-electron chi connectivity index (χ2n) is 4.67. The molecule has 2 N–H and O–H groups in total. The van der Waals surface area contributed by atoms with Gasteiger partial charge in [0.15, 0.2) is 5.58 Å². The summed E-state index contributed by atoms with van der Waals surface area (Å²) >= 11 is 0. The van der Waals surface area contributed by atoms with Gasteiger partial charge in [0.25, 0.3) is 6.01 Å². The van der Waals surface area contributed by atoms with Crippen molar-refractivity contribution >= 4 is 23.1 Å². The summed E-state index contributed by atoms with van der Waals surface area (Å²) < 4.78 is 5.50. The molecule has 0 saturated heterocycles. The van der Waals surface area contributed by atoms with Gasteiger partial charge < -0.3 is 14.8 Å². The quantitative estimate of drug-likeness (QED) is 0.765. The molecule has 2 heterocycles. The Morgan fingerprint density at radius 3 is 2.90 bits per heavy atom. The number of oxazole rings is 1. The number of aromatic nitrogens is 2. The van der Waals surface area contributed by atoms with Crippen molar-refractivity contribution in [2.75, 3.05) is 5.32 Å². The number of hydrogen-bond donors (Lipinski definition) is 2. The molecule has 21 heavy (non-hydrogen) atoms. The lowest BCUT2D eigenvalue weighted by Gasteiger charge is -2.01. The van der Waals surface area contributed by atoms with Crippen molar-refractivity contribution in [3.63, 3.8) is 0 Å². The molecule has 6 nitrogen and oxygen atoms in total. The lowest BCUT2D eigenvalue weighted by Crippen LogP contribution is -2.00. The van der Waals surface area contributed by atoms with Crippen LogP contribution in [0.1, 0.15) is 21.6 Å².